The van der Waals surface area contributed by atoms with E-state index in [-0.39, 0.29) is 11.5 Å². The Bertz CT molecular complexity index is 615. The summed E-state index contributed by atoms with van der Waals surface area (Å²) in [5, 5.41) is 20.3. The third-order valence-electron chi connectivity index (χ3n) is 3.81. The van der Waals surface area contributed by atoms with E-state index in [0.29, 0.717) is 6.42 Å². The highest BCUT2D eigenvalue weighted by Gasteiger charge is 2.13. The summed E-state index contributed by atoms with van der Waals surface area (Å²) in [6, 6.07) is 9.65. The topological polar surface area (TPSA) is 40.5 Å². The summed E-state index contributed by atoms with van der Waals surface area (Å²) < 4.78 is 0. The smallest absolute Gasteiger partial charge is 0.126 e. The molecule has 0 radical (unpaired) electrons. The Balaban J connectivity index is 2.69. The molecule has 2 N–H and O–H groups in total. The summed E-state index contributed by atoms with van der Waals surface area (Å²) in [5.74, 6) is 0.492. The molecule has 0 aliphatic heterocycles. The molecule has 2 aromatic rings. The first-order valence-electron chi connectivity index (χ1n) is 7.27. The van der Waals surface area contributed by atoms with Crippen molar-refractivity contribution in [2.75, 3.05) is 0 Å². The molecule has 2 aromatic carbocycles. The van der Waals surface area contributed by atoms with Crippen LogP contribution in [0.1, 0.15) is 37.5 Å². The summed E-state index contributed by atoms with van der Waals surface area (Å²) in [6.07, 6.45) is 2.55. The van der Waals surface area contributed by atoms with Gasteiger partial charge in [0, 0.05) is 5.56 Å². The average molecular weight is 270 g/mol. The van der Waals surface area contributed by atoms with Crippen LogP contribution >= 0.6 is 0 Å². The van der Waals surface area contributed by atoms with Gasteiger partial charge in [-0.2, -0.15) is 0 Å². The fourth-order valence-corrected chi connectivity index (χ4v) is 2.56. The minimum Gasteiger partial charge on any atom is -0.508 e. The van der Waals surface area contributed by atoms with E-state index < -0.39 is 0 Å². The van der Waals surface area contributed by atoms with Gasteiger partial charge in [0.15, 0.2) is 0 Å². The van der Waals surface area contributed by atoms with E-state index in [2.05, 4.69) is 32.0 Å². The predicted molar refractivity (Wildman–Crippen MR) is 83.3 cm³/mol. The molecule has 0 atom stereocenters. The number of aryl methyl sites for hydroxylation is 3. The second-order valence-corrected chi connectivity index (χ2v) is 5.05. The molecule has 0 saturated heterocycles. The van der Waals surface area contributed by atoms with Crippen LogP contribution in [0.3, 0.4) is 0 Å². The Labute approximate surface area is 120 Å². The molecule has 0 aromatic heterocycles. The number of phenolic OH excluding ortho intramolecular Hbond substituents is 2. The van der Waals surface area contributed by atoms with Gasteiger partial charge in [-0.05, 0) is 53.6 Å². The molecule has 0 heterocycles. The minimum absolute atomic E-state index is 0.207. The molecule has 0 aliphatic carbocycles. The maximum Gasteiger partial charge on any atom is 0.126 e. The molecule has 0 aliphatic rings. The Hall–Kier alpha value is -1.96. The zero-order chi connectivity index (χ0) is 14.7. The molecule has 2 nitrogen and oxygen atoms in total. The van der Waals surface area contributed by atoms with Gasteiger partial charge < -0.3 is 10.2 Å². The maximum atomic E-state index is 10.4. The first-order valence-corrected chi connectivity index (χ1v) is 7.27. The first-order chi connectivity index (χ1) is 9.60. The van der Waals surface area contributed by atoms with Crippen molar-refractivity contribution in [2.24, 2.45) is 0 Å². The standard InChI is InChI=1S/C18H22O2/c1-4-12-7-8-13(5-2)16(9-12)17-11-15(19)10-14(6-3)18(17)20/h7-11,19-20H,4-6H2,1-3H3. The van der Waals surface area contributed by atoms with Gasteiger partial charge in [0.05, 0.1) is 0 Å². The number of phenols is 2. The lowest BCUT2D eigenvalue weighted by molar-refractivity contribution is 0.456. The van der Waals surface area contributed by atoms with Gasteiger partial charge in [-0.15, -0.1) is 0 Å². The molecule has 0 fully saturated rings. The van der Waals surface area contributed by atoms with E-state index in [4.69, 9.17) is 0 Å². The lowest BCUT2D eigenvalue weighted by Crippen LogP contribution is -1.93. The summed E-state index contributed by atoms with van der Waals surface area (Å²) in [4.78, 5) is 0. The normalized spacial score (nSPS) is 10.8. The Kier molecular flexibility index (Phi) is 4.33. The van der Waals surface area contributed by atoms with Crippen LogP contribution in [0.4, 0.5) is 0 Å². The summed E-state index contributed by atoms with van der Waals surface area (Å²) >= 11 is 0. The lowest BCUT2D eigenvalue weighted by atomic mass is 9.92. The third kappa shape index (κ3) is 2.64. The van der Waals surface area contributed by atoms with E-state index in [9.17, 15) is 10.2 Å². The van der Waals surface area contributed by atoms with Gasteiger partial charge in [0.25, 0.3) is 0 Å². The van der Waals surface area contributed by atoms with Crippen LogP contribution in [0.15, 0.2) is 30.3 Å². The van der Waals surface area contributed by atoms with Crippen molar-refractivity contribution in [3.05, 3.63) is 47.0 Å². The molecule has 0 amide bonds. The van der Waals surface area contributed by atoms with Crippen LogP contribution in [0.2, 0.25) is 0 Å². The Morgan fingerprint density at radius 1 is 0.750 bits per heavy atom. The summed E-state index contributed by atoms with van der Waals surface area (Å²) in [6.45, 7) is 6.19. The minimum atomic E-state index is 0.207. The SMILES string of the molecule is CCc1ccc(CC)c(-c2cc(O)cc(CC)c2O)c1. The lowest BCUT2D eigenvalue weighted by Gasteiger charge is -2.14. The van der Waals surface area contributed by atoms with Crippen molar-refractivity contribution in [1.29, 1.82) is 0 Å². The van der Waals surface area contributed by atoms with E-state index >= 15 is 0 Å². The molecule has 20 heavy (non-hydrogen) atoms. The van der Waals surface area contributed by atoms with Crippen molar-refractivity contribution in [3.63, 3.8) is 0 Å². The predicted octanol–water partition coefficient (Wildman–Crippen LogP) is 4.45. The highest BCUT2D eigenvalue weighted by Crippen LogP contribution is 2.38. The molecule has 106 valence electrons. The van der Waals surface area contributed by atoms with Gasteiger partial charge in [0.1, 0.15) is 11.5 Å². The van der Waals surface area contributed by atoms with Crippen LogP contribution < -0.4 is 0 Å². The van der Waals surface area contributed by atoms with Crippen LogP contribution in [0.5, 0.6) is 11.5 Å². The average Bonchev–Trinajstić information content (AvgIpc) is 2.48. The van der Waals surface area contributed by atoms with Crippen LogP contribution in [0.25, 0.3) is 11.1 Å². The van der Waals surface area contributed by atoms with Crippen molar-refractivity contribution in [1.82, 2.24) is 0 Å². The fraction of sp³-hybridized carbons (Fsp3) is 0.333. The highest BCUT2D eigenvalue weighted by atomic mass is 16.3. The molecule has 2 heteroatoms. The maximum absolute atomic E-state index is 10.4. The zero-order valence-electron chi connectivity index (χ0n) is 12.4. The zero-order valence-corrected chi connectivity index (χ0v) is 12.4. The molecular weight excluding hydrogens is 248 g/mol. The molecule has 0 unspecified atom stereocenters. The van der Waals surface area contributed by atoms with Crippen molar-refractivity contribution < 1.29 is 10.2 Å². The number of benzene rings is 2. The molecule has 0 bridgehead atoms. The quantitative estimate of drug-likeness (QED) is 0.806. The second-order valence-electron chi connectivity index (χ2n) is 5.05. The summed E-state index contributed by atoms with van der Waals surface area (Å²) in [5.41, 5.74) is 4.95. The van der Waals surface area contributed by atoms with Crippen LogP contribution in [-0.4, -0.2) is 10.2 Å². The van der Waals surface area contributed by atoms with Crippen molar-refractivity contribution >= 4 is 0 Å². The van der Waals surface area contributed by atoms with Gasteiger partial charge >= 0.3 is 0 Å². The number of hydrogen-bond acceptors (Lipinski definition) is 2. The highest BCUT2D eigenvalue weighted by molar-refractivity contribution is 5.76. The van der Waals surface area contributed by atoms with E-state index in [0.717, 1.165) is 29.5 Å². The van der Waals surface area contributed by atoms with Gasteiger partial charge in [0.2, 0.25) is 0 Å². The fourth-order valence-electron chi connectivity index (χ4n) is 2.56. The van der Waals surface area contributed by atoms with Crippen molar-refractivity contribution in [2.45, 2.75) is 40.0 Å². The largest absolute Gasteiger partial charge is 0.508 e. The van der Waals surface area contributed by atoms with Crippen LogP contribution in [-0.2, 0) is 19.3 Å². The second kappa shape index (κ2) is 6.00. The van der Waals surface area contributed by atoms with E-state index in [1.54, 1.807) is 12.1 Å². The Morgan fingerprint density at radius 2 is 1.45 bits per heavy atom. The molecular formula is C18H22O2. The molecule has 2 rings (SSSR count). The van der Waals surface area contributed by atoms with E-state index in [1.807, 2.05) is 6.92 Å². The van der Waals surface area contributed by atoms with Gasteiger partial charge in [-0.1, -0.05) is 39.0 Å². The summed E-state index contributed by atoms with van der Waals surface area (Å²) in [7, 11) is 0. The molecule has 0 saturated carbocycles. The molecule has 0 spiro atoms. The van der Waals surface area contributed by atoms with E-state index in [1.165, 1.54) is 11.1 Å². The number of rotatable bonds is 4. The third-order valence-corrected chi connectivity index (χ3v) is 3.81. The number of aromatic hydroxyl groups is 2. The van der Waals surface area contributed by atoms with Crippen LogP contribution in [0, 0.1) is 0 Å². The van der Waals surface area contributed by atoms with Gasteiger partial charge in [-0.25, -0.2) is 0 Å². The first kappa shape index (κ1) is 14.4. The van der Waals surface area contributed by atoms with Crippen molar-refractivity contribution in [3.8, 4) is 22.6 Å². The number of hydrogen-bond donors (Lipinski definition) is 2. The van der Waals surface area contributed by atoms with Gasteiger partial charge in [-0.3, -0.25) is 0 Å². The monoisotopic (exact) mass is 270 g/mol. The Morgan fingerprint density at radius 3 is 2.05 bits per heavy atom.